The van der Waals surface area contributed by atoms with Crippen LogP contribution in [0, 0.1) is 5.92 Å². The summed E-state index contributed by atoms with van der Waals surface area (Å²) in [5.41, 5.74) is -0.481. The fourth-order valence-corrected chi connectivity index (χ4v) is 3.65. The number of hydrogen-bond acceptors (Lipinski definition) is 3. The van der Waals surface area contributed by atoms with Gasteiger partial charge in [-0.05, 0) is 63.2 Å². The molecule has 1 aromatic heterocycles. The van der Waals surface area contributed by atoms with Crippen molar-refractivity contribution in [3.63, 3.8) is 0 Å². The Labute approximate surface area is 134 Å². The van der Waals surface area contributed by atoms with Crippen molar-refractivity contribution >= 4 is 0 Å². The zero-order valence-electron chi connectivity index (χ0n) is 13.2. The highest BCUT2D eigenvalue weighted by atomic mass is 19.4. The molecule has 6 heteroatoms. The Hall–Kier alpha value is -1.14. The molecule has 3 nitrogen and oxygen atoms in total. The molecule has 3 heterocycles. The molecule has 0 saturated carbocycles. The van der Waals surface area contributed by atoms with Crippen LogP contribution in [-0.4, -0.2) is 35.7 Å². The Bertz CT molecular complexity index is 507. The highest BCUT2D eigenvalue weighted by Gasteiger charge is 2.35. The molecule has 0 spiro atoms. The van der Waals surface area contributed by atoms with Gasteiger partial charge in [-0.2, -0.15) is 13.2 Å². The van der Waals surface area contributed by atoms with Gasteiger partial charge in [0.1, 0.15) is 0 Å². The molecule has 1 aromatic rings. The molecule has 3 rings (SSSR count). The molecule has 1 unspecified atom stereocenters. The summed E-state index contributed by atoms with van der Waals surface area (Å²) in [7, 11) is 0. The Balaban J connectivity index is 1.57. The lowest BCUT2D eigenvalue weighted by atomic mass is 9.87. The minimum Gasteiger partial charge on any atom is -0.378 e. The third-order valence-electron chi connectivity index (χ3n) is 4.94. The van der Waals surface area contributed by atoms with Crippen LogP contribution < -0.4 is 0 Å². The first kappa shape index (κ1) is 16.7. The van der Waals surface area contributed by atoms with E-state index in [1.165, 1.54) is 18.7 Å². The van der Waals surface area contributed by atoms with Crippen LogP contribution in [0.5, 0.6) is 0 Å². The molecule has 2 fully saturated rings. The highest BCUT2D eigenvalue weighted by Crippen LogP contribution is 2.33. The van der Waals surface area contributed by atoms with Gasteiger partial charge in [0.05, 0.1) is 17.4 Å². The van der Waals surface area contributed by atoms with E-state index in [4.69, 9.17) is 4.74 Å². The largest absolute Gasteiger partial charge is 0.418 e. The Morgan fingerprint density at radius 3 is 2.61 bits per heavy atom. The summed E-state index contributed by atoms with van der Waals surface area (Å²) in [6.07, 6.45) is 2.96. The number of hydrogen-bond donors (Lipinski definition) is 0. The minimum atomic E-state index is -4.34. The lowest BCUT2D eigenvalue weighted by Crippen LogP contribution is -2.39. The second-order valence-electron chi connectivity index (χ2n) is 6.51. The molecular weight excluding hydrogens is 305 g/mol. The normalized spacial score (nSPS) is 24.7. The van der Waals surface area contributed by atoms with Gasteiger partial charge in [-0.15, -0.1) is 0 Å². The quantitative estimate of drug-likeness (QED) is 0.842. The summed E-state index contributed by atoms with van der Waals surface area (Å²) in [5.74, 6) is 0.553. The monoisotopic (exact) mass is 328 g/mol. The van der Waals surface area contributed by atoms with Crippen LogP contribution >= 0.6 is 0 Å². The van der Waals surface area contributed by atoms with E-state index in [2.05, 4.69) is 9.88 Å². The third-order valence-corrected chi connectivity index (χ3v) is 4.94. The molecule has 1 atom stereocenters. The van der Waals surface area contributed by atoms with Crippen LogP contribution in [0.4, 0.5) is 13.2 Å². The number of aromatic nitrogens is 1. The molecule has 0 radical (unpaired) electrons. The van der Waals surface area contributed by atoms with E-state index in [9.17, 15) is 13.2 Å². The van der Waals surface area contributed by atoms with Gasteiger partial charge in [-0.3, -0.25) is 9.88 Å². The van der Waals surface area contributed by atoms with Crippen LogP contribution in [0.25, 0.3) is 0 Å². The van der Waals surface area contributed by atoms with E-state index in [-0.39, 0.29) is 12.2 Å². The van der Waals surface area contributed by atoms with Crippen LogP contribution in [0.2, 0.25) is 0 Å². The molecule has 0 aliphatic carbocycles. The molecule has 128 valence electrons. The van der Waals surface area contributed by atoms with Crippen LogP contribution in [0.15, 0.2) is 18.3 Å². The van der Waals surface area contributed by atoms with Gasteiger partial charge in [0.25, 0.3) is 0 Å². The van der Waals surface area contributed by atoms with Gasteiger partial charge in [-0.1, -0.05) is 0 Å². The highest BCUT2D eigenvalue weighted by molar-refractivity contribution is 5.23. The van der Waals surface area contributed by atoms with Gasteiger partial charge in [0.15, 0.2) is 0 Å². The number of alkyl halides is 3. The Morgan fingerprint density at radius 1 is 1.17 bits per heavy atom. The molecule has 2 aliphatic heterocycles. The number of ether oxygens (including phenoxy) is 1. The zero-order valence-corrected chi connectivity index (χ0v) is 13.2. The second kappa shape index (κ2) is 7.18. The first-order valence-corrected chi connectivity index (χ1v) is 8.39. The molecule has 0 bridgehead atoms. The number of halogens is 3. The first-order valence-electron chi connectivity index (χ1n) is 8.39. The van der Waals surface area contributed by atoms with Crippen LogP contribution in [0.3, 0.4) is 0 Å². The maximum atomic E-state index is 13.0. The maximum absolute atomic E-state index is 13.0. The molecule has 0 aromatic carbocycles. The first-order chi connectivity index (χ1) is 11.0. The van der Waals surface area contributed by atoms with Crippen molar-refractivity contribution < 1.29 is 17.9 Å². The molecule has 0 N–H and O–H groups in total. The summed E-state index contributed by atoms with van der Waals surface area (Å²) in [6.45, 7) is 2.76. The summed E-state index contributed by atoms with van der Waals surface area (Å²) < 4.78 is 45.0. The maximum Gasteiger partial charge on any atom is 0.418 e. The number of piperidine rings is 1. The van der Waals surface area contributed by atoms with Crippen molar-refractivity contribution in [1.82, 2.24) is 9.88 Å². The van der Waals surface area contributed by atoms with Gasteiger partial charge < -0.3 is 4.74 Å². The molecular formula is C17H23F3N2O. The second-order valence-corrected chi connectivity index (χ2v) is 6.51. The Kier molecular flexibility index (Phi) is 5.21. The van der Waals surface area contributed by atoms with Gasteiger partial charge >= 0.3 is 6.18 Å². The van der Waals surface area contributed by atoms with Crippen molar-refractivity contribution in [2.24, 2.45) is 5.92 Å². The van der Waals surface area contributed by atoms with E-state index < -0.39 is 11.7 Å². The number of rotatable bonds is 3. The number of pyridine rings is 1. The van der Waals surface area contributed by atoms with E-state index in [0.717, 1.165) is 51.4 Å². The summed E-state index contributed by atoms with van der Waals surface area (Å²) in [4.78, 5) is 6.04. The molecule has 2 saturated heterocycles. The van der Waals surface area contributed by atoms with Gasteiger partial charge in [-0.25, -0.2) is 0 Å². The summed E-state index contributed by atoms with van der Waals surface area (Å²) in [5, 5.41) is 0. The van der Waals surface area contributed by atoms with Crippen molar-refractivity contribution in [2.75, 3.05) is 19.7 Å². The van der Waals surface area contributed by atoms with E-state index in [0.29, 0.717) is 12.0 Å². The SMILES string of the molecule is FC(F)(F)c1cccnc1CN1CCC(C2CCCCO2)CC1. The average Bonchev–Trinajstić information content (AvgIpc) is 2.56. The fraction of sp³-hybridized carbons (Fsp3) is 0.706. The van der Waals surface area contributed by atoms with E-state index in [1.807, 2.05) is 0 Å². The van der Waals surface area contributed by atoms with Crippen molar-refractivity contribution in [1.29, 1.82) is 0 Å². The topological polar surface area (TPSA) is 25.4 Å². The average molecular weight is 328 g/mol. The van der Waals surface area contributed by atoms with Crippen molar-refractivity contribution in [3.8, 4) is 0 Å². The van der Waals surface area contributed by atoms with Crippen molar-refractivity contribution in [2.45, 2.75) is 50.9 Å². The predicted molar refractivity (Wildman–Crippen MR) is 80.8 cm³/mol. The third kappa shape index (κ3) is 4.23. The number of likely N-dealkylation sites (tertiary alicyclic amines) is 1. The standard InChI is InChI=1S/C17H23F3N2O/c18-17(19,20)14-4-3-8-21-15(14)12-22-9-6-13(7-10-22)16-5-1-2-11-23-16/h3-4,8,13,16H,1-2,5-7,9-12H2. The predicted octanol–water partition coefficient (Wildman–Crippen LogP) is 3.88. The van der Waals surface area contributed by atoms with Crippen molar-refractivity contribution in [3.05, 3.63) is 29.6 Å². The zero-order chi connectivity index (χ0) is 16.3. The van der Waals surface area contributed by atoms with Crippen LogP contribution in [0.1, 0.15) is 43.4 Å². The van der Waals surface area contributed by atoms with Gasteiger partial charge in [0, 0.05) is 19.3 Å². The minimum absolute atomic E-state index is 0.132. The fourth-order valence-electron chi connectivity index (χ4n) is 3.65. The molecule has 23 heavy (non-hydrogen) atoms. The van der Waals surface area contributed by atoms with Gasteiger partial charge in [0.2, 0.25) is 0 Å². The molecule has 2 aliphatic rings. The lowest BCUT2D eigenvalue weighted by Gasteiger charge is -2.37. The smallest absolute Gasteiger partial charge is 0.378 e. The number of nitrogens with zero attached hydrogens (tertiary/aromatic N) is 2. The molecule has 0 amide bonds. The van der Waals surface area contributed by atoms with E-state index in [1.54, 1.807) is 0 Å². The van der Waals surface area contributed by atoms with E-state index >= 15 is 0 Å². The Morgan fingerprint density at radius 2 is 1.96 bits per heavy atom. The van der Waals surface area contributed by atoms with Crippen LogP contribution in [-0.2, 0) is 17.5 Å². The lowest BCUT2D eigenvalue weighted by molar-refractivity contribution is -0.138. The summed E-state index contributed by atoms with van der Waals surface area (Å²) in [6, 6.07) is 2.46. The summed E-state index contributed by atoms with van der Waals surface area (Å²) >= 11 is 0.